The van der Waals surface area contributed by atoms with E-state index in [1.165, 1.54) is 18.2 Å². The van der Waals surface area contributed by atoms with Gasteiger partial charge in [-0.2, -0.15) is 0 Å². The number of nitro benzene ring substituents is 1. The van der Waals surface area contributed by atoms with E-state index in [9.17, 15) is 14.9 Å². The third-order valence-electron chi connectivity index (χ3n) is 2.49. The van der Waals surface area contributed by atoms with Crippen molar-refractivity contribution in [2.24, 2.45) is 0 Å². The number of thiocarbonyl (C=S) groups is 1. The minimum absolute atomic E-state index is 0.0996. The number of carbonyl (C=O) groups excluding carboxylic acids is 1. The standard InChI is InChI=1S/C12H13Cl3N4O4S/c1-2-23-11(20)18-9(12(13,14)15)17-10(24)16-7-5-3-4-6-8(7)19(21)22/h3-6,9H,2H2,1H3,(H,18,20)(H2,16,17,24)/t9-/m1/s1. The average molecular weight is 416 g/mol. The number of nitro groups is 1. The zero-order chi connectivity index (χ0) is 18.3. The molecule has 8 nitrogen and oxygen atoms in total. The van der Waals surface area contributed by atoms with Gasteiger partial charge < -0.3 is 15.4 Å². The summed E-state index contributed by atoms with van der Waals surface area (Å²) in [4.78, 5) is 21.9. The number of ether oxygens (including phenoxy) is 1. The van der Waals surface area contributed by atoms with Crippen LogP contribution in [0.3, 0.4) is 0 Å². The molecule has 0 aliphatic rings. The van der Waals surface area contributed by atoms with Gasteiger partial charge in [0, 0.05) is 6.07 Å². The Balaban J connectivity index is 2.82. The number of para-hydroxylation sites is 2. The number of hydrogen-bond acceptors (Lipinski definition) is 5. The highest BCUT2D eigenvalue weighted by Gasteiger charge is 2.35. The first-order valence-electron chi connectivity index (χ1n) is 6.46. The topological polar surface area (TPSA) is 106 Å². The van der Waals surface area contributed by atoms with Crippen molar-refractivity contribution in [3.63, 3.8) is 0 Å². The lowest BCUT2D eigenvalue weighted by Gasteiger charge is -2.27. The fourth-order valence-corrected chi connectivity index (χ4v) is 2.07. The van der Waals surface area contributed by atoms with Crippen LogP contribution >= 0.6 is 47.0 Å². The summed E-state index contributed by atoms with van der Waals surface area (Å²) >= 11 is 22.4. The molecule has 0 heterocycles. The van der Waals surface area contributed by atoms with E-state index in [1.807, 2.05) is 0 Å². The molecule has 0 saturated carbocycles. The van der Waals surface area contributed by atoms with E-state index >= 15 is 0 Å². The Morgan fingerprint density at radius 3 is 2.54 bits per heavy atom. The van der Waals surface area contributed by atoms with E-state index in [-0.39, 0.29) is 23.1 Å². The smallest absolute Gasteiger partial charge is 0.408 e. The van der Waals surface area contributed by atoms with Crippen LogP contribution in [0.15, 0.2) is 24.3 Å². The molecule has 0 radical (unpaired) electrons. The molecule has 0 fully saturated rings. The third kappa shape index (κ3) is 6.52. The summed E-state index contributed by atoms with van der Waals surface area (Å²) in [5.41, 5.74) is -0.0513. The highest BCUT2D eigenvalue weighted by atomic mass is 35.6. The Bertz CT molecular complexity index is 627. The summed E-state index contributed by atoms with van der Waals surface area (Å²) in [6.45, 7) is 1.73. The van der Waals surface area contributed by atoms with Gasteiger partial charge in [0.05, 0.1) is 11.5 Å². The van der Waals surface area contributed by atoms with Gasteiger partial charge in [-0.3, -0.25) is 15.4 Å². The van der Waals surface area contributed by atoms with Gasteiger partial charge in [-0.1, -0.05) is 46.9 Å². The molecule has 1 aromatic rings. The van der Waals surface area contributed by atoms with Crippen LogP contribution in [0.1, 0.15) is 6.92 Å². The summed E-state index contributed by atoms with van der Waals surface area (Å²) < 4.78 is 2.74. The molecule has 0 unspecified atom stereocenters. The van der Waals surface area contributed by atoms with Crippen LogP contribution in [0.5, 0.6) is 0 Å². The second-order valence-electron chi connectivity index (χ2n) is 4.21. The molecule has 0 aliphatic carbocycles. The van der Waals surface area contributed by atoms with E-state index in [1.54, 1.807) is 13.0 Å². The molecular weight excluding hydrogens is 403 g/mol. The molecule has 132 valence electrons. The highest BCUT2D eigenvalue weighted by Crippen LogP contribution is 2.29. The molecule has 0 aliphatic heterocycles. The number of anilines is 1. The van der Waals surface area contributed by atoms with Crippen molar-refractivity contribution in [2.45, 2.75) is 16.9 Å². The van der Waals surface area contributed by atoms with Crippen molar-refractivity contribution in [2.75, 3.05) is 11.9 Å². The molecule has 0 bridgehead atoms. The zero-order valence-corrected chi connectivity index (χ0v) is 15.3. The first-order chi connectivity index (χ1) is 11.1. The highest BCUT2D eigenvalue weighted by molar-refractivity contribution is 7.80. The van der Waals surface area contributed by atoms with Crippen LogP contribution in [-0.4, -0.2) is 32.7 Å². The molecule has 24 heavy (non-hydrogen) atoms. The number of hydrogen-bond donors (Lipinski definition) is 3. The summed E-state index contributed by atoms with van der Waals surface area (Å²) in [6.07, 6.45) is -2.06. The lowest BCUT2D eigenvalue weighted by atomic mass is 10.3. The summed E-state index contributed by atoms with van der Waals surface area (Å²) in [7, 11) is 0. The average Bonchev–Trinajstić information content (AvgIpc) is 2.46. The van der Waals surface area contributed by atoms with Crippen molar-refractivity contribution in [1.29, 1.82) is 0 Å². The van der Waals surface area contributed by atoms with Crippen LogP contribution in [0.4, 0.5) is 16.2 Å². The number of rotatable bonds is 5. The summed E-state index contributed by atoms with van der Waals surface area (Å²) in [5, 5.41) is 18.3. The van der Waals surface area contributed by atoms with Crippen molar-refractivity contribution < 1.29 is 14.5 Å². The van der Waals surface area contributed by atoms with Crippen LogP contribution in [-0.2, 0) is 4.74 Å². The Kier molecular flexibility index (Phi) is 7.74. The second kappa shape index (κ2) is 9.07. The Morgan fingerprint density at radius 2 is 2.00 bits per heavy atom. The van der Waals surface area contributed by atoms with Crippen molar-refractivity contribution in [1.82, 2.24) is 10.6 Å². The maximum Gasteiger partial charge on any atom is 0.408 e. The first kappa shape index (κ1) is 20.5. The predicted molar refractivity (Wildman–Crippen MR) is 96.7 cm³/mol. The maximum absolute atomic E-state index is 11.5. The Hall–Kier alpha value is -1.55. The number of benzene rings is 1. The maximum atomic E-state index is 11.5. The van der Waals surface area contributed by atoms with Crippen LogP contribution < -0.4 is 16.0 Å². The molecule has 1 rings (SSSR count). The minimum Gasteiger partial charge on any atom is -0.450 e. The lowest BCUT2D eigenvalue weighted by Crippen LogP contribution is -2.56. The number of alkyl carbamates (subject to hydrolysis) is 1. The Labute approximate surface area is 157 Å². The fraction of sp³-hybridized carbons (Fsp3) is 0.333. The zero-order valence-electron chi connectivity index (χ0n) is 12.2. The van der Waals surface area contributed by atoms with E-state index < -0.39 is 21.0 Å². The molecule has 0 spiro atoms. The number of carbonyl (C=O) groups is 1. The first-order valence-corrected chi connectivity index (χ1v) is 8.00. The Morgan fingerprint density at radius 1 is 1.38 bits per heavy atom. The molecule has 0 aromatic heterocycles. The van der Waals surface area contributed by atoms with Gasteiger partial charge in [-0.05, 0) is 25.2 Å². The van der Waals surface area contributed by atoms with Crippen LogP contribution in [0, 0.1) is 10.1 Å². The van der Waals surface area contributed by atoms with Crippen LogP contribution in [0.2, 0.25) is 0 Å². The van der Waals surface area contributed by atoms with E-state index in [2.05, 4.69) is 16.0 Å². The van der Waals surface area contributed by atoms with Gasteiger partial charge in [0.1, 0.15) is 5.69 Å². The second-order valence-corrected chi connectivity index (χ2v) is 6.99. The monoisotopic (exact) mass is 414 g/mol. The lowest BCUT2D eigenvalue weighted by molar-refractivity contribution is -0.383. The predicted octanol–water partition coefficient (Wildman–Crippen LogP) is 3.32. The number of amides is 1. The summed E-state index contributed by atoms with van der Waals surface area (Å²) in [6, 6.07) is 5.84. The largest absolute Gasteiger partial charge is 0.450 e. The number of nitrogens with zero attached hydrogens (tertiary/aromatic N) is 1. The van der Waals surface area contributed by atoms with Crippen molar-refractivity contribution >= 4 is 69.6 Å². The molecule has 0 saturated heterocycles. The van der Waals surface area contributed by atoms with E-state index in [4.69, 9.17) is 51.8 Å². The van der Waals surface area contributed by atoms with E-state index in [0.717, 1.165) is 0 Å². The van der Waals surface area contributed by atoms with Gasteiger partial charge in [-0.25, -0.2) is 4.79 Å². The molecular formula is C12H13Cl3N4O4S. The van der Waals surface area contributed by atoms with Gasteiger partial charge >= 0.3 is 6.09 Å². The molecule has 1 aromatic carbocycles. The fourth-order valence-electron chi connectivity index (χ4n) is 1.52. The quantitative estimate of drug-likeness (QED) is 0.223. The summed E-state index contributed by atoms with van der Waals surface area (Å²) in [5.74, 6) is 0. The number of alkyl halides is 3. The SMILES string of the molecule is CCOC(=O)N[C@@H](NC(=S)Nc1ccccc1[N+](=O)[O-])C(Cl)(Cl)Cl. The van der Waals surface area contributed by atoms with Gasteiger partial charge in [0.25, 0.3) is 5.69 Å². The number of halogens is 3. The van der Waals surface area contributed by atoms with Crippen LogP contribution in [0.25, 0.3) is 0 Å². The van der Waals surface area contributed by atoms with E-state index in [0.29, 0.717) is 0 Å². The molecule has 12 heteroatoms. The third-order valence-corrected chi connectivity index (χ3v) is 3.36. The van der Waals surface area contributed by atoms with Gasteiger partial charge in [0.2, 0.25) is 3.79 Å². The normalized spacial score (nSPS) is 12.0. The molecule has 1 atom stereocenters. The van der Waals surface area contributed by atoms with Gasteiger partial charge in [0.15, 0.2) is 11.3 Å². The molecule has 3 N–H and O–H groups in total. The van der Waals surface area contributed by atoms with Gasteiger partial charge in [-0.15, -0.1) is 0 Å². The number of nitrogens with one attached hydrogen (secondary N) is 3. The molecule has 1 amide bonds. The minimum atomic E-state index is -1.96. The van der Waals surface area contributed by atoms with Crippen molar-refractivity contribution in [3.05, 3.63) is 34.4 Å². The van der Waals surface area contributed by atoms with Crippen molar-refractivity contribution in [3.8, 4) is 0 Å².